The van der Waals surface area contributed by atoms with Gasteiger partial charge in [-0.05, 0) is 37.7 Å². The summed E-state index contributed by atoms with van der Waals surface area (Å²) in [5, 5.41) is 0. The lowest BCUT2D eigenvalue weighted by molar-refractivity contribution is -0.0518. The van der Waals surface area contributed by atoms with E-state index in [1.165, 1.54) is 36.8 Å². The highest BCUT2D eigenvalue weighted by molar-refractivity contribution is 5.25. The van der Waals surface area contributed by atoms with E-state index in [9.17, 15) is 0 Å². The van der Waals surface area contributed by atoms with Crippen molar-refractivity contribution in [1.82, 2.24) is 0 Å². The molecule has 0 radical (unpaired) electrons. The Bertz CT molecular complexity index is 418. The lowest BCUT2D eigenvalue weighted by atomic mass is 9.88. The fourth-order valence-corrected chi connectivity index (χ4v) is 3.20. The first kappa shape index (κ1) is 15.5. The smallest absolute Gasteiger partial charge is 0.0979 e. The number of ether oxygens (including phenoxy) is 1. The molecule has 2 N–H and O–H groups in total. The summed E-state index contributed by atoms with van der Waals surface area (Å²) in [7, 11) is 0. The van der Waals surface area contributed by atoms with Gasteiger partial charge in [-0.15, -0.1) is 0 Å². The van der Waals surface area contributed by atoms with Crippen LogP contribution in [0.15, 0.2) is 24.3 Å². The minimum absolute atomic E-state index is 0.0372. The molecule has 0 amide bonds. The van der Waals surface area contributed by atoms with Crippen LogP contribution in [-0.4, -0.2) is 12.1 Å². The first-order chi connectivity index (χ1) is 9.60. The van der Waals surface area contributed by atoms with Crippen molar-refractivity contribution in [3.8, 4) is 0 Å². The van der Waals surface area contributed by atoms with Crippen LogP contribution < -0.4 is 5.73 Å². The zero-order valence-electron chi connectivity index (χ0n) is 13.1. The van der Waals surface area contributed by atoms with E-state index in [0.29, 0.717) is 6.10 Å². The molecular formula is C18H29NO. The summed E-state index contributed by atoms with van der Waals surface area (Å²) < 4.78 is 6.43. The Morgan fingerprint density at radius 2 is 2.15 bits per heavy atom. The number of hydrogen-bond acceptors (Lipinski definition) is 2. The normalized spacial score (nSPS) is 26.2. The monoisotopic (exact) mass is 275 g/mol. The molecule has 0 aliphatic heterocycles. The van der Waals surface area contributed by atoms with E-state index in [2.05, 4.69) is 45.0 Å². The molecular weight excluding hydrogens is 246 g/mol. The van der Waals surface area contributed by atoms with Crippen molar-refractivity contribution >= 4 is 0 Å². The standard InChI is InChI=1S/C18H29NO/c1-4-17(19)18(15-9-5-7-13(2)11-15)20-16-10-6-8-14(3)12-16/h5,7,9,11,14,16-18H,4,6,8,10,12,19H2,1-3H3. The molecule has 1 aliphatic carbocycles. The van der Waals surface area contributed by atoms with E-state index in [0.717, 1.165) is 12.3 Å². The Balaban J connectivity index is 2.11. The predicted octanol–water partition coefficient (Wildman–Crippen LogP) is 4.37. The topological polar surface area (TPSA) is 35.2 Å². The molecule has 4 atom stereocenters. The van der Waals surface area contributed by atoms with E-state index < -0.39 is 0 Å². The van der Waals surface area contributed by atoms with Gasteiger partial charge >= 0.3 is 0 Å². The molecule has 1 aromatic carbocycles. The van der Waals surface area contributed by atoms with E-state index in [1.54, 1.807) is 0 Å². The predicted molar refractivity (Wildman–Crippen MR) is 84.7 cm³/mol. The maximum Gasteiger partial charge on any atom is 0.0979 e. The number of rotatable bonds is 5. The molecule has 0 aromatic heterocycles. The molecule has 0 saturated heterocycles. The van der Waals surface area contributed by atoms with Crippen LogP contribution in [0, 0.1) is 12.8 Å². The van der Waals surface area contributed by atoms with Crippen molar-refractivity contribution < 1.29 is 4.74 Å². The van der Waals surface area contributed by atoms with Gasteiger partial charge in [0.05, 0.1) is 12.2 Å². The zero-order chi connectivity index (χ0) is 14.5. The minimum Gasteiger partial charge on any atom is -0.369 e. The highest BCUT2D eigenvalue weighted by Gasteiger charge is 2.26. The Morgan fingerprint density at radius 3 is 2.80 bits per heavy atom. The SMILES string of the molecule is CCC(N)C(OC1CCCC(C)C1)c1cccc(C)c1. The molecule has 1 saturated carbocycles. The molecule has 2 rings (SSSR count). The van der Waals surface area contributed by atoms with Crippen LogP contribution in [-0.2, 0) is 4.74 Å². The highest BCUT2D eigenvalue weighted by Crippen LogP contribution is 2.32. The highest BCUT2D eigenvalue weighted by atomic mass is 16.5. The van der Waals surface area contributed by atoms with Crippen LogP contribution in [0.2, 0.25) is 0 Å². The Hall–Kier alpha value is -0.860. The third kappa shape index (κ3) is 4.07. The largest absolute Gasteiger partial charge is 0.369 e. The summed E-state index contributed by atoms with van der Waals surface area (Å²) in [5.74, 6) is 0.782. The first-order valence-electron chi connectivity index (χ1n) is 8.07. The van der Waals surface area contributed by atoms with Gasteiger partial charge < -0.3 is 10.5 Å². The van der Waals surface area contributed by atoms with Crippen molar-refractivity contribution in [1.29, 1.82) is 0 Å². The number of aryl methyl sites for hydroxylation is 1. The fraction of sp³-hybridized carbons (Fsp3) is 0.667. The molecule has 2 nitrogen and oxygen atoms in total. The second-order valence-corrected chi connectivity index (χ2v) is 6.44. The van der Waals surface area contributed by atoms with Gasteiger partial charge in [-0.1, -0.05) is 56.5 Å². The van der Waals surface area contributed by atoms with E-state index in [4.69, 9.17) is 10.5 Å². The molecule has 1 aromatic rings. The number of nitrogens with two attached hydrogens (primary N) is 1. The summed E-state index contributed by atoms with van der Waals surface area (Å²) >= 11 is 0. The molecule has 0 heterocycles. The van der Waals surface area contributed by atoms with Gasteiger partial charge in [0.25, 0.3) is 0 Å². The molecule has 2 heteroatoms. The molecule has 0 bridgehead atoms. The van der Waals surface area contributed by atoms with Crippen LogP contribution in [0.5, 0.6) is 0 Å². The van der Waals surface area contributed by atoms with Crippen LogP contribution in [0.4, 0.5) is 0 Å². The second-order valence-electron chi connectivity index (χ2n) is 6.44. The third-order valence-corrected chi connectivity index (χ3v) is 4.46. The fourth-order valence-electron chi connectivity index (χ4n) is 3.20. The molecule has 0 spiro atoms. The summed E-state index contributed by atoms with van der Waals surface area (Å²) in [5.41, 5.74) is 8.83. The zero-order valence-corrected chi connectivity index (χ0v) is 13.1. The maximum absolute atomic E-state index is 6.43. The Labute approximate surface area is 123 Å². The molecule has 112 valence electrons. The lowest BCUT2D eigenvalue weighted by Crippen LogP contribution is -2.34. The van der Waals surface area contributed by atoms with Gasteiger partial charge in [0.2, 0.25) is 0 Å². The van der Waals surface area contributed by atoms with Crippen LogP contribution >= 0.6 is 0 Å². The summed E-state index contributed by atoms with van der Waals surface area (Å²) in [6.07, 6.45) is 6.35. The summed E-state index contributed by atoms with van der Waals surface area (Å²) in [6.45, 7) is 6.60. The van der Waals surface area contributed by atoms with Crippen LogP contribution in [0.1, 0.15) is 63.2 Å². The number of benzene rings is 1. The van der Waals surface area contributed by atoms with Crippen LogP contribution in [0.25, 0.3) is 0 Å². The van der Waals surface area contributed by atoms with Gasteiger partial charge in [0.15, 0.2) is 0 Å². The van der Waals surface area contributed by atoms with Crippen molar-refractivity contribution in [2.24, 2.45) is 11.7 Å². The Kier molecular flexibility index (Phi) is 5.62. The van der Waals surface area contributed by atoms with Crippen molar-refractivity contribution in [2.45, 2.75) is 71.1 Å². The Morgan fingerprint density at radius 1 is 1.35 bits per heavy atom. The van der Waals surface area contributed by atoms with Gasteiger partial charge in [-0.25, -0.2) is 0 Å². The minimum atomic E-state index is 0.0372. The summed E-state index contributed by atoms with van der Waals surface area (Å²) in [4.78, 5) is 0. The van der Waals surface area contributed by atoms with E-state index in [1.807, 2.05) is 0 Å². The van der Waals surface area contributed by atoms with Gasteiger partial charge in [-0.2, -0.15) is 0 Å². The lowest BCUT2D eigenvalue weighted by Gasteiger charge is -2.33. The van der Waals surface area contributed by atoms with Crippen molar-refractivity contribution in [2.75, 3.05) is 0 Å². The molecule has 1 fully saturated rings. The third-order valence-electron chi connectivity index (χ3n) is 4.46. The quantitative estimate of drug-likeness (QED) is 0.866. The van der Waals surface area contributed by atoms with E-state index >= 15 is 0 Å². The number of hydrogen-bond donors (Lipinski definition) is 1. The summed E-state index contributed by atoms with van der Waals surface area (Å²) in [6, 6.07) is 8.67. The van der Waals surface area contributed by atoms with Gasteiger partial charge in [-0.3, -0.25) is 0 Å². The van der Waals surface area contributed by atoms with Crippen LogP contribution in [0.3, 0.4) is 0 Å². The molecule has 20 heavy (non-hydrogen) atoms. The molecule has 1 aliphatic rings. The average molecular weight is 275 g/mol. The van der Waals surface area contributed by atoms with Crippen molar-refractivity contribution in [3.63, 3.8) is 0 Å². The van der Waals surface area contributed by atoms with Gasteiger partial charge in [0, 0.05) is 6.04 Å². The van der Waals surface area contributed by atoms with E-state index in [-0.39, 0.29) is 12.1 Å². The molecule has 4 unspecified atom stereocenters. The van der Waals surface area contributed by atoms with Gasteiger partial charge in [0.1, 0.15) is 0 Å². The average Bonchev–Trinajstić information content (AvgIpc) is 2.44. The maximum atomic E-state index is 6.43. The second kappa shape index (κ2) is 7.24. The first-order valence-corrected chi connectivity index (χ1v) is 8.07. The van der Waals surface area contributed by atoms with Crippen molar-refractivity contribution in [3.05, 3.63) is 35.4 Å².